The Kier molecular flexibility index (Phi) is 4.85. The predicted molar refractivity (Wildman–Crippen MR) is 90.9 cm³/mol. The van der Waals surface area contributed by atoms with Crippen LogP contribution in [0.1, 0.15) is 28.0 Å². The van der Waals surface area contributed by atoms with Crippen LogP contribution in [-0.2, 0) is 9.53 Å². The summed E-state index contributed by atoms with van der Waals surface area (Å²) in [6, 6.07) is 7.85. The summed E-state index contributed by atoms with van der Waals surface area (Å²) in [5, 5.41) is 13.3. The molecule has 1 saturated heterocycles. The Labute approximate surface area is 145 Å². The maximum atomic E-state index is 12.9. The number of nitrogens with zero attached hydrogens (tertiary/aromatic N) is 3. The highest BCUT2D eigenvalue weighted by atomic mass is 16.5. The smallest absolute Gasteiger partial charge is 0.306 e. The third-order valence-corrected chi connectivity index (χ3v) is 4.41. The number of benzene rings is 1. The first kappa shape index (κ1) is 17.2. The zero-order chi connectivity index (χ0) is 18.0. The fourth-order valence-electron chi connectivity index (χ4n) is 3.06. The van der Waals surface area contributed by atoms with Crippen molar-refractivity contribution in [3.63, 3.8) is 0 Å². The van der Waals surface area contributed by atoms with Crippen molar-refractivity contribution in [1.29, 1.82) is 0 Å². The van der Waals surface area contributed by atoms with Crippen molar-refractivity contribution in [2.45, 2.75) is 26.4 Å². The third kappa shape index (κ3) is 3.56. The second-order valence-corrected chi connectivity index (χ2v) is 6.18. The molecule has 7 nitrogen and oxygen atoms in total. The monoisotopic (exact) mass is 343 g/mol. The molecule has 0 radical (unpaired) electrons. The summed E-state index contributed by atoms with van der Waals surface area (Å²) in [6.45, 7) is 4.93. The zero-order valence-corrected chi connectivity index (χ0v) is 14.3. The van der Waals surface area contributed by atoms with Gasteiger partial charge in [0.05, 0.1) is 42.3 Å². The van der Waals surface area contributed by atoms with Crippen molar-refractivity contribution in [3.8, 4) is 5.69 Å². The fourth-order valence-corrected chi connectivity index (χ4v) is 3.06. The Morgan fingerprint density at radius 3 is 2.80 bits per heavy atom. The lowest BCUT2D eigenvalue weighted by Crippen LogP contribution is -2.46. The van der Waals surface area contributed by atoms with Crippen molar-refractivity contribution in [2.24, 2.45) is 0 Å². The second kappa shape index (κ2) is 7.06. The molecule has 25 heavy (non-hydrogen) atoms. The van der Waals surface area contributed by atoms with E-state index in [0.717, 1.165) is 16.9 Å². The van der Waals surface area contributed by atoms with Gasteiger partial charge in [-0.25, -0.2) is 4.68 Å². The van der Waals surface area contributed by atoms with E-state index in [-0.39, 0.29) is 18.9 Å². The summed E-state index contributed by atoms with van der Waals surface area (Å²) in [5.41, 5.74) is 3.30. The van der Waals surface area contributed by atoms with Gasteiger partial charge in [-0.1, -0.05) is 18.2 Å². The summed E-state index contributed by atoms with van der Waals surface area (Å²) >= 11 is 0. The summed E-state index contributed by atoms with van der Waals surface area (Å²) in [6.07, 6.45) is 0.999. The third-order valence-electron chi connectivity index (χ3n) is 4.41. The number of rotatable bonds is 4. The minimum atomic E-state index is -0.928. The Morgan fingerprint density at radius 2 is 2.08 bits per heavy atom. The number of carboxylic acid groups (broad SMARTS) is 1. The number of carbonyl (C=O) groups excluding carboxylic acids is 1. The number of aryl methyl sites for hydroxylation is 1. The van der Waals surface area contributed by atoms with Gasteiger partial charge in [-0.15, -0.1) is 0 Å². The lowest BCUT2D eigenvalue weighted by Gasteiger charge is -2.32. The van der Waals surface area contributed by atoms with Crippen LogP contribution in [0.3, 0.4) is 0 Å². The molecule has 132 valence electrons. The number of aromatic nitrogens is 2. The van der Waals surface area contributed by atoms with Crippen LogP contribution in [0.4, 0.5) is 0 Å². The molecule has 0 saturated carbocycles. The molecular formula is C18H21N3O4. The molecule has 1 aromatic heterocycles. The van der Waals surface area contributed by atoms with E-state index in [1.807, 2.05) is 38.1 Å². The summed E-state index contributed by atoms with van der Waals surface area (Å²) in [5.74, 6) is -1.07. The number of carbonyl (C=O) groups is 2. The van der Waals surface area contributed by atoms with Crippen LogP contribution >= 0.6 is 0 Å². The number of ether oxygens (including phenoxy) is 1. The molecular weight excluding hydrogens is 322 g/mol. The van der Waals surface area contributed by atoms with Gasteiger partial charge in [-0.05, 0) is 25.5 Å². The molecule has 2 heterocycles. The standard InChI is InChI=1S/C18H21N3O4/c1-12-5-3-4-6-16(12)21-13(2)15(10-19-21)18(24)20-7-8-25-14(11-20)9-17(22)23/h3-6,10,14H,7-9,11H2,1-2H3,(H,22,23)/t14-/m1/s1. The summed E-state index contributed by atoms with van der Waals surface area (Å²) < 4.78 is 7.19. The van der Waals surface area contributed by atoms with E-state index in [4.69, 9.17) is 9.84 Å². The van der Waals surface area contributed by atoms with Crippen LogP contribution < -0.4 is 0 Å². The fraction of sp³-hybridized carbons (Fsp3) is 0.389. The Morgan fingerprint density at radius 1 is 1.32 bits per heavy atom. The van der Waals surface area contributed by atoms with Crippen molar-refractivity contribution in [2.75, 3.05) is 19.7 Å². The number of hydrogen-bond acceptors (Lipinski definition) is 4. The SMILES string of the molecule is Cc1ccccc1-n1ncc(C(=O)N2CCO[C@H](CC(=O)O)C2)c1C. The molecule has 7 heteroatoms. The topological polar surface area (TPSA) is 84.7 Å². The number of amides is 1. The van der Waals surface area contributed by atoms with Gasteiger partial charge >= 0.3 is 5.97 Å². The van der Waals surface area contributed by atoms with E-state index in [1.165, 1.54) is 0 Å². The Bertz CT molecular complexity index is 799. The molecule has 1 N–H and O–H groups in total. The van der Waals surface area contributed by atoms with Gasteiger partial charge in [0.1, 0.15) is 0 Å². The molecule has 0 unspecified atom stereocenters. The number of carboxylic acids is 1. The summed E-state index contributed by atoms with van der Waals surface area (Å²) in [4.78, 5) is 25.4. The number of morpholine rings is 1. The highest BCUT2D eigenvalue weighted by Gasteiger charge is 2.28. The van der Waals surface area contributed by atoms with Gasteiger partial charge in [-0.3, -0.25) is 9.59 Å². The van der Waals surface area contributed by atoms with Crippen LogP contribution in [0.2, 0.25) is 0 Å². The first-order valence-electron chi connectivity index (χ1n) is 8.20. The van der Waals surface area contributed by atoms with E-state index < -0.39 is 12.1 Å². The van der Waals surface area contributed by atoms with Gasteiger partial charge in [0.25, 0.3) is 5.91 Å². The highest BCUT2D eigenvalue weighted by molar-refractivity contribution is 5.95. The zero-order valence-electron chi connectivity index (χ0n) is 14.3. The van der Waals surface area contributed by atoms with Crippen molar-refractivity contribution >= 4 is 11.9 Å². The highest BCUT2D eigenvalue weighted by Crippen LogP contribution is 2.20. The lowest BCUT2D eigenvalue weighted by atomic mass is 10.1. The van der Waals surface area contributed by atoms with E-state index in [0.29, 0.717) is 18.7 Å². The van der Waals surface area contributed by atoms with E-state index in [1.54, 1.807) is 15.8 Å². The van der Waals surface area contributed by atoms with Gasteiger partial charge in [0.15, 0.2) is 0 Å². The molecule has 1 amide bonds. The molecule has 1 aliphatic heterocycles. The summed E-state index contributed by atoms with van der Waals surface area (Å²) in [7, 11) is 0. The predicted octanol–water partition coefficient (Wildman–Crippen LogP) is 1.80. The van der Waals surface area contributed by atoms with E-state index in [9.17, 15) is 9.59 Å². The number of aliphatic carboxylic acids is 1. The van der Waals surface area contributed by atoms with Gasteiger partial charge in [0, 0.05) is 13.1 Å². The van der Waals surface area contributed by atoms with Crippen LogP contribution in [0, 0.1) is 13.8 Å². The molecule has 1 aliphatic rings. The quantitative estimate of drug-likeness (QED) is 0.915. The minimum Gasteiger partial charge on any atom is -0.481 e. The minimum absolute atomic E-state index is 0.106. The van der Waals surface area contributed by atoms with Crippen LogP contribution in [0.25, 0.3) is 5.69 Å². The second-order valence-electron chi connectivity index (χ2n) is 6.18. The average Bonchev–Trinajstić information content (AvgIpc) is 2.96. The largest absolute Gasteiger partial charge is 0.481 e. The van der Waals surface area contributed by atoms with Crippen molar-refractivity contribution < 1.29 is 19.4 Å². The Balaban J connectivity index is 1.82. The van der Waals surface area contributed by atoms with Gasteiger partial charge in [-0.2, -0.15) is 5.10 Å². The lowest BCUT2D eigenvalue weighted by molar-refractivity contribution is -0.141. The first-order valence-corrected chi connectivity index (χ1v) is 8.20. The van der Waals surface area contributed by atoms with Crippen LogP contribution in [0.5, 0.6) is 0 Å². The number of hydrogen-bond donors (Lipinski definition) is 1. The van der Waals surface area contributed by atoms with Gasteiger partial charge < -0.3 is 14.7 Å². The molecule has 0 spiro atoms. The van der Waals surface area contributed by atoms with Gasteiger partial charge in [0.2, 0.25) is 0 Å². The van der Waals surface area contributed by atoms with E-state index >= 15 is 0 Å². The first-order chi connectivity index (χ1) is 12.0. The van der Waals surface area contributed by atoms with Crippen molar-refractivity contribution in [1.82, 2.24) is 14.7 Å². The maximum absolute atomic E-state index is 12.9. The molecule has 1 atom stereocenters. The normalized spacial score (nSPS) is 17.5. The maximum Gasteiger partial charge on any atom is 0.306 e. The molecule has 2 aromatic rings. The molecule has 0 bridgehead atoms. The van der Waals surface area contributed by atoms with Crippen molar-refractivity contribution in [3.05, 3.63) is 47.3 Å². The molecule has 1 aromatic carbocycles. The number of para-hydroxylation sites is 1. The molecule has 0 aliphatic carbocycles. The Hall–Kier alpha value is -2.67. The molecule has 1 fully saturated rings. The molecule has 3 rings (SSSR count). The van der Waals surface area contributed by atoms with Crippen LogP contribution in [-0.4, -0.2) is 57.5 Å². The van der Waals surface area contributed by atoms with Crippen LogP contribution in [0.15, 0.2) is 30.5 Å². The average molecular weight is 343 g/mol. The van der Waals surface area contributed by atoms with E-state index in [2.05, 4.69) is 5.10 Å².